The van der Waals surface area contributed by atoms with Crippen LogP contribution in [0.25, 0.3) is 0 Å². The minimum Gasteiger partial charge on any atom is -0.301 e. The largest absolute Gasteiger partial charge is 0.301 e. The third-order valence-corrected chi connectivity index (χ3v) is 6.08. The van der Waals surface area contributed by atoms with Crippen LogP contribution in [0, 0.1) is 11.6 Å². The van der Waals surface area contributed by atoms with Crippen molar-refractivity contribution in [3.05, 3.63) is 47.0 Å². The van der Waals surface area contributed by atoms with E-state index in [1.165, 1.54) is 29.2 Å². The number of aromatic nitrogens is 1. The highest BCUT2D eigenvalue weighted by Gasteiger charge is 2.28. The van der Waals surface area contributed by atoms with Crippen LogP contribution in [0.4, 0.5) is 13.9 Å². The van der Waals surface area contributed by atoms with E-state index in [4.69, 9.17) is 0 Å². The van der Waals surface area contributed by atoms with E-state index in [9.17, 15) is 13.6 Å². The smallest absolute Gasteiger partial charge is 0.243 e. The molecule has 2 aromatic rings. The van der Waals surface area contributed by atoms with E-state index in [0.29, 0.717) is 15.9 Å². The first-order chi connectivity index (χ1) is 11.1. The van der Waals surface area contributed by atoms with Gasteiger partial charge in [0.1, 0.15) is 5.25 Å². The average Bonchev–Trinajstić information content (AvgIpc) is 3.21. The van der Waals surface area contributed by atoms with Gasteiger partial charge < -0.3 is 5.32 Å². The van der Waals surface area contributed by atoms with Gasteiger partial charge in [0.2, 0.25) is 5.91 Å². The van der Waals surface area contributed by atoms with Crippen molar-refractivity contribution in [2.24, 2.45) is 0 Å². The van der Waals surface area contributed by atoms with Crippen molar-refractivity contribution in [1.82, 2.24) is 4.98 Å². The van der Waals surface area contributed by atoms with Gasteiger partial charge in [-0.2, -0.15) is 0 Å². The number of thiazole rings is 1. The van der Waals surface area contributed by atoms with E-state index in [0.717, 1.165) is 37.8 Å². The average molecular weight is 354 g/mol. The van der Waals surface area contributed by atoms with Crippen LogP contribution in [-0.2, 0) is 4.79 Å². The Hall–Kier alpha value is -1.47. The summed E-state index contributed by atoms with van der Waals surface area (Å²) in [6, 6.07) is 3.67. The quantitative estimate of drug-likeness (QED) is 0.840. The number of nitrogens with zero attached hydrogens (tertiary/aromatic N) is 1. The fourth-order valence-corrected chi connectivity index (χ4v) is 4.65. The standard InChI is InChI=1S/C16H16F2N2OS2/c17-12-6-5-10(9-13(12)18)14(23-11-3-1-2-4-11)15(21)20-16-19-7-8-22-16/h5-9,11,14H,1-4H2,(H,19,20,21). The van der Waals surface area contributed by atoms with Crippen molar-refractivity contribution in [3.63, 3.8) is 0 Å². The van der Waals surface area contributed by atoms with Crippen LogP contribution in [0.1, 0.15) is 36.5 Å². The summed E-state index contributed by atoms with van der Waals surface area (Å²) in [5.41, 5.74) is 0.481. The Balaban J connectivity index is 1.82. The van der Waals surface area contributed by atoms with Crippen molar-refractivity contribution < 1.29 is 13.6 Å². The number of benzene rings is 1. The third-order valence-electron chi connectivity index (χ3n) is 3.78. The summed E-state index contributed by atoms with van der Waals surface area (Å²) in [4.78, 5) is 16.7. The first kappa shape index (κ1) is 16.4. The lowest BCUT2D eigenvalue weighted by atomic mass is 10.1. The highest BCUT2D eigenvalue weighted by molar-refractivity contribution is 8.00. The summed E-state index contributed by atoms with van der Waals surface area (Å²) in [5.74, 6) is -2.08. The maximum atomic E-state index is 13.6. The molecule has 0 bridgehead atoms. The molecule has 0 spiro atoms. The molecule has 0 radical (unpaired) electrons. The monoisotopic (exact) mass is 354 g/mol. The zero-order chi connectivity index (χ0) is 16.2. The summed E-state index contributed by atoms with van der Waals surface area (Å²) >= 11 is 2.85. The van der Waals surface area contributed by atoms with E-state index in [1.807, 2.05) is 0 Å². The summed E-state index contributed by atoms with van der Waals surface area (Å²) in [6.07, 6.45) is 6.01. The Bertz CT molecular complexity index is 673. The molecule has 23 heavy (non-hydrogen) atoms. The highest BCUT2D eigenvalue weighted by atomic mass is 32.2. The lowest BCUT2D eigenvalue weighted by Crippen LogP contribution is -2.21. The predicted octanol–water partition coefficient (Wildman–Crippen LogP) is 4.78. The van der Waals surface area contributed by atoms with Crippen LogP contribution in [0.15, 0.2) is 29.8 Å². The Labute approximate surface area is 141 Å². The molecule has 7 heteroatoms. The van der Waals surface area contributed by atoms with E-state index in [2.05, 4.69) is 10.3 Å². The molecule has 1 amide bonds. The number of rotatable bonds is 5. The molecule has 1 N–H and O–H groups in total. The van der Waals surface area contributed by atoms with Gasteiger partial charge in [0, 0.05) is 16.8 Å². The number of carbonyl (C=O) groups excluding carboxylic acids is 1. The van der Waals surface area contributed by atoms with Gasteiger partial charge in [-0.3, -0.25) is 4.79 Å². The number of hydrogen-bond acceptors (Lipinski definition) is 4. The second kappa shape index (κ2) is 7.40. The molecular formula is C16H16F2N2OS2. The van der Waals surface area contributed by atoms with Crippen LogP contribution < -0.4 is 5.32 Å². The van der Waals surface area contributed by atoms with Crippen molar-refractivity contribution in [2.45, 2.75) is 36.2 Å². The number of anilines is 1. The Morgan fingerprint density at radius 2 is 2.09 bits per heavy atom. The van der Waals surface area contributed by atoms with E-state index < -0.39 is 16.9 Å². The van der Waals surface area contributed by atoms with E-state index >= 15 is 0 Å². The first-order valence-corrected chi connectivity index (χ1v) is 9.26. The van der Waals surface area contributed by atoms with Crippen molar-refractivity contribution >= 4 is 34.1 Å². The molecular weight excluding hydrogens is 338 g/mol. The molecule has 1 saturated carbocycles. The van der Waals surface area contributed by atoms with Gasteiger partial charge in [0.15, 0.2) is 16.8 Å². The van der Waals surface area contributed by atoms with Gasteiger partial charge >= 0.3 is 0 Å². The van der Waals surface area contributed by atoms with Gasteiger partial charge in [-0.15, -0.1) is 23.1 Å². The molecule has 1 aliphatic rings. The van der Waals surface area contributed by atoms with Gasteiger partial charge in [-0.1, -0.05) is 18.9 Å². The molecule has 1 aliphatic carbocycles. The minimum atomic E-state index is -0.929. The lowest BCUT2D eigenvalue weighted by Gasteiger charge is -2.20. The minimum absolute atomic E-state index is 0.247. The van der Waals surface area contributed by atoms with Crippen LogP contribution in [0.5, 0.6) is 0 Å². The predicted molar refractivity (Wildman–Crippen MR) is 89.7 cm³/mol. The molecule has 1 aromatic heterocycles. The van der Waals surface area contributed by atoms with Gasteiger partial charge in [-0.05, 0) is 30.5 Å². The molecule has 3 rings (SSSR count). The molecule has 1 unspecified atom stereocenters. The van der Waals surface area contributed by atoms with Gasteiger partial charge in [-0.25, -0.2) is 13.8 Å². The summed E-state index contributed by atoms with van der Waals surface area (Å²) in [5, 5.41) is 4.84. The number of halogens is 2. The molecule has 3 nitrogen and oxygen atoms in total. The fourth-order valence-electron chi connectivity index (χ4n) is 2.64. The zero-order valence-electron chi connectivity index (χ0n) is 12.3. The topological polar surface area (TPSA) is 42.0 Å². The maximum Gasteiger partial charge on any atom is 0.243 e. The molecule has 1 atom stereocenters. The van der Waals surface area contributed by atoms with Crippen molar-refractivity contribution in [1.29, 1.82) is 0 Å². The first-order valence-electron chi connectivity index (χ1n) is 7.44. The van der Waals surface area contributed by atoms with E-state index in [1.54, 1.807) is 11.6 Å². The van der Waals surface area contributed by atoms with Crippen LogP contribution in [0.2, 0.25) is 0 Å². The molecule has 122 valence electrons. The second-order valence-corrected chi connectivity index (χ2v) is 7.73. The summed E-state index contributed by atoms with van der Waals surface area (Å²) in [6.45, 7) is 0. The molecule has 1 aromatic carbocycles. The SMILES string of the molecule is O=C(Nc1nccs1)C(SC1CCCC1)c1ccc(F)c(F)c1. The van der Waals surface area contributed by atoms with Crippen molar-refractivity contribution in [2.75, 3.05) is 5.32 Å². The number of hydrogen-bond donors (Lipinski definition) is 1. The van der Waals surface area contributed by atoms with Gasteiger partial charge in [0.05, 0.1) is 0 Å². The maximum absolute atomic E-state index is 13.6. The normalized spacial score (nSPS) is 16.4. The fraction of sp³-hybridized carbons (Fsp3) is 0.375. The highest BCUT2D eigenvalue weighted by Crippen LogP contribution is 2.40. The second-order valence-electron chi connectivity index (χ2n) is 5.42. The Morgan fingerprint density at radius 1 is 1.30 bits per heavy atom. The zero-order valence-corrected chi connectivity index (χ0v) is 13.9. The van der Waals surface area contributed by atoms with Gasteiger partial charge in [0.25, 0.3) is 0 Å². The molecule has 0 aliphatic heterocycles. The lowest BCUT2D eigenvalue weighted by molar-refractivity contribution is -0.115. The summed E-state index contributed by atoms with van der Waals surface area (Å²) < 4.78 is 26.8. The number of nitrogens with one attached hydrogen (secondary N) is 1. The third kappa shape index (κ3) is 4.09. The molecule has 1 fully saturated rings. The molecule has 0 saturated heterocycles. The van der Waals surface area contributed by atoms with Crippen molar-refractivity contribution in [3.8, 4) is 0 Å². The Kier molecular flexibility index (Phi) is 5.27. The van der Waals surface area contributed by atoms with Crippen LogP contribution >= 0.6 is 23.1 Å². The number of amides is 1. The number of carbonyl (C=O) groups is 1. The van der Waals surface area contributed by atoms with Crippen LogP contribution in [-0.4, -0.2) is 16.1 Å². The van der Waals surface area contributed by atoms with Crippen LogP contribution in [0.3, 0.4) is 0 Å². The molecule has 1 heterocycles. The van der Waals surface area contributed by atoms with E-state index in [-0.39, 0.29) is 5.91 Å². The number of thioether (sulfide) groups is 1. The Morgan fingerprint density at radius 3 is 2.74 bits per heavy atom. The summed E-state index contributed by atoms with van der Waals surface area (Å²) in [7, 11) is 0.